The molecule has 7 heteroatoms. The third-order valence-corrected chi connectivity index (χ3v) is 3.40. The van der Waals surface area contributed by atoms with Crippen molar-refractivity contribution in [3.05, 3.63) is 47.2 Å². The van der Waals surface area contributed by atoms with E-state index in [1.807, 2.05) is 0 Å². The Labute approximate surface area is 113 Å². The van der Waals surface area contributed by atoms with Gasteiger partial charge in [0, 0.05) is 12.1 Å². The lowest BCUT2D eigenvalue weighted by molar-refractivity contribution is 0.100. The van der Waals surface area contributed by atoms with Crippen LogP contribution in [0.25, 0.3) is 0 Å². The number of carbonyl (C=O) groups is 1. The minimum atomic E-state index is -0.631. The third kappa shape index (κ3) is 1.82. The summed E-state index contributed by atoms with van der Waals surface area (Å²) in [4.78, 5) is 11.3. The van der Waals surface area contributed by atoms with Crippen molar-refractivity contribution in [1.82, 2.24) is 9.78 Å². The molecule has 0 fully saturated rings. The van der Waals surface area contributed by atoms with Gasteiger partial charge in [-0.15, -0.1) is 0 Å². The second kappa shape index (κ2) is 4.59. The number of aromatic nitrogens is 2. The van der Waals surface area contributed by atoms with Crippen molar-refractivity contribution < 1.29 is 13.6 Å². The number of benzene rings is 1. The zero-order valence-electron chi connectivity index (χ0n) is 10.4. The van der Waals surface area contributed by atoms with Crippen LogP contribution in [-0.4, -0.2) is 22.2 Å². The van der Waals surface area contributed by atoms with E-state index in [9.17, 15) is 13.6 Å². The molecule has 0 spiro atoms. The average molecular weight is 278 g/mol. The summed E-state index contributed by atoms with van der Waals surface area (Å²) in [5.74, 6) is -1.48. The Morgan fingerprint density at radius 3 is 2.75 bits per heavy atom. The fourth-order valence-electron chi connectivity index (χ4n) is 2.50. The smallest absolute Gasteiger partial charge is 0.254 e. The Bertz CT molecular complexity index is 663. The predicted molar refractivity (Wildman–Crippen MR) is 68.3 cm³/mol. The van der Waals surface area contributed by atoms with Crippen molar-refractivity contribution in [2.24, 2.45) is 5.73 Å². The Balaban J connectivity index is 2.13. The number of primary amides is 1. The molecule has 5 nitrogen and oxygen atoms in total. The van der Waals surface area contributed by atoms with Gasteiger partial charge in [0.15, 0.2) is 0 Å². The molecule has 1 aliphatic heterocycles. The molecule has 0 bridgehead atoms. The van der Waals surface area contributed by atoms with E-state index in [1.54, 1.807) is 0 Å². The molecule has 0 saturated carbocycles. The fraction of sp³-hybridized carbons (Fsp3) is 0.231. The topological polar surface area (TPSA) is 72.9 Å². The summed E-state index contributed by atoms with van der Waals surface area (Å²) in [6.45, 7) is 0.477. The Morgan fingerprint density at radius 2 is 2.10 bits per heavy atom. The standard InChI is InChI=1S/C13H12F2N4O/c14-8-2-1-3-9(15)11(8)10-4-5-17-13-7(12(16)20)6-18-19(10)13/h1-3,6,10,17H,4-5H2,(H2,16,20). The normalized spacial score (nSPS) is 17.4. The van der Waals surface area contributed by atoms with Crippen LogP contribution in [0, 0.1) is 11.6 Å². The molecular weight excluding hydrogens is 266 g/mol. The summed E-state index contributed by atoms with van der Waals surface area (Å²) in [5.41, 5.74) is 5.41. The molecule has 0 saturated heterocycles. The largest absolute Gasteiger partial charge is 0.369 e. The molecule has 20 heavy (non-hydrogen) atoms. The van der Waals surface area contributed by atoms with E-state index in [1.165, 1.54) is 29.1 Å². The van der Waals surface area contributed by atoms with Gasteiger partial charge in [0.2, 0.25) is 0 Å². The zero-order valence-corrected chi connectivity index (χ0v) is 10.4. The lowest BCUT2D eigenvalue weighted by atomic mass is 10.0. The molecule has 1 atom stereocenters. The van der Waals surface area contributed by atoms with Gasteiger partial charge < -0.3 is 11.1 Å². The van der Waals surface area contributed by atoms with Crippen molar-refractivity contribution in [3.8, 4) is 0 Å². The van der Waals surface area contributed by atoms with Gasteiger partial charge in [0.1, 0.15) is 23.0 Å². The van der Waals surface area contributed by atoms with Gasteiger partial charge in [-0.05, 0) is 18.6 Å². The summed E-state index contributed by atoms with van der Waals surface area (Å²) in [7, 11) is 0. The van der Waals surface area contributed by atoms with Gasteiger partial charge in [-0.1, -0.05) is 6.07 Å². The van der Waals surface area contributed by atoms with E-state index in [2.05, 4.69) is 10.4 Å². The highest BCUT2D eigenvalue weighted by atomic mass is 19.1. The average Bonchev–Trinajstić information content (AvgIpc) is 2.83. The maximum atomic E-state index is 13.9. The monoisotopic (exact) mass is 278 g/mol. The molecule has 1 unspecified atom stereocenters. The summed E-state index contributed by atoms with van der Waals surface area (Å²) >= 11 is 0. The van der Waals surface area contributed by atoms with Crippen LogP contribution < -0.4 is 11.1 Å². The molecule has 1 aromatic carbocycles. The first-order valence-corrected chi connectivity index (χ1v) is 6.14. The Kier molecular flexibility index (Phi) is 2.89. The molecule has 104 valence electrons. The van der Waals surface area contributed by atoms with Crippen molar-refractivity contribution in [3.63, 3.8) is 0 Å². The van der Waals surface area contributed by atoms with Crippen LogP contribution in [0.5, 0.6) is 0 Å². The van der Waals surface area contributed by atoms with Crippen molar-refractivity contribution in [2.45, 2.75) is 12.5 Å². The van der Waals surface area contributed by atoms with Gasteiger partial charge in [-0.3, -0.25) is 4.79 Å². The number of nitrogens with two attached hydrogens (primary N) is 1. The number of hydrogen-bond acceptors (Lipinski definition) is 3. The number of amides is 1. The van der Waals surface area contributed by atoms with Crippen molar-refractivity contribution in [1.29, 1.82) is 0 Å². The second-order valence-electron chi connectivity index (χ2n) is 4.58. The molecule has 2 heterocycles. The molecule has 2 aromatic rings. The van der Waals surface area contributed by atoms with Crippen molar-refractivity contribution in [2.75, 3.05) is 11.9 Å². The van der Waals surface area contributed by atoms with E-state index in [4.69, 9.17) is 5.73 Å². The highest BCUT2D eigenvalue weighted by Crippen LogP contribution is 2.33. The number of anilines is 1. The fourth-order valence-corrected chi connectivity index (χ4v) is 2.50. The second-order valence-corrected chi connectivity index (χ2v) is 4.58. The number of hydrogen-bond donors (Lipinski definition) is 2. The summed E-state index contributed by atoms with van der Waals surface area (Å²) < 4.78 is 29.2. The van der Waals surface area contributed by atoms with Crippen LogP contribution in [0.1, 0.15) is 28.4 Å². The molecular formula is C13H12F2N4O. The third-order valence-electron chi connectivity index (χ3n) is 3.40. The van der Waals surface area contributed by atoms with E-state index in [0.29, 0.717) is 18.8 Å². The molecule has 3 N–H and O–H groups in total. The predicted octanol–water partition coefficient (Wildman–Crippen LogP) is 1.67. The minimum absolute atomic E-state index is 0.0469. The number of fused-ring (bicyclic) bond motifs is 1. The number of rotatable bonds is 2. The molecule has 1 amide bonds. The van der Waals surface area contributed by atoms with Gasteiger partial charge in [0.05, 0.1) is 12.2 Å². The van der Waals surface area contributed by atoms with Crippen LogP contribution in [0.3, 0.4) is 0 Å². The summed E-state index contributed by atoms with van der Waals surface area (Å²) in [5, 5.41) is 7.02. The maximum Gasteiger partial charge on any atom is 0.254 e. The first kappa shape index (κ1) is 12.6. The van der Waals surface area contributed by atoms with Gasteiger partial charge >= 0.3 is 0 Å². The lowest BCUT2D eigenvalue weighted by Crippen LogP contribution is -2.27. The van der Waals surface area contributed by atoms with Gasteiger partial charge in [-0.2, -0.15) is 5.10 Å². The highest BCUT2D eigenvalue weighted by Gasteiger charge is 2.29. The Hall–Kier alpha value is -2.44. The van der Waals surface area contributed by atoms with Crippen molar-refractivity contribution >= 4 is 11.7 Å². The van der Waals surface area contributed by atoms with Crippen LogP contribution >= 0.6 is 0 Å². The quantitative estimate of drug-likeness (QED) is 0.877. The molecule has 3 rings (SSSR count). The number of halogens is 2. The van der Waals surface area contributed by atoms with Crippen LogP contribution in [0.2, 0.25) is 0 Å². The molecule has 0 radical (unpaired) electrons. The molecule has 0 aliphatic carbocycles. The first-order valence-electron chi connectivity index (χ1n) is 6.14. The zero-order chi connectivity index (χ0) is 14.3. The summed E-state index contributed by atoms with van der Waals surface area (Å²) in [6, 6.07) is 3.13. The Morgan fingerprint density at radius 1 is 1.40 bits per heavy atom. The van der Waals surface area contributed by atoms with Crippen LogP contribution in [0.4, 0.5) is 14.6 Å². The van der Waals surface area contributed by atoms with E-state index < -0.39 is 23.6 Å². The van der Waals surface area contributed by atoms with Gasteiger partial charge in [0.25, 0.3) is 5.91 Å². The van der Waals surface area contributed by atoms with E-state index in [-0.39, 0.29) is 11.1 Å². The van der Waals surface area contributed by atoms with Crippen LogP contribution in [0.15, 0.2) is 24.4 Å². The van der Waals surface area contributed by atoms with E-state index in [0.717, 1.165) is 0 Å². The number of nitrogens with one attached hydrogen (secondary N) is 1. The lowest BCUT2D eigenvalue weighted by Gasteiger charge is -2.27. The van der Waals surface area contributed by atoms with E-state index >= 15 is 0 Å². The highest BCUT2D eigenvalue weighted by molar-refractivity contribution is 5.97. The molecule has 1 aliphatic rings. The first-order chi connectivity index (χ1) is 9.59. The van der Waals surface area contributed by atoms with Crippen LogP contribution in [-0.2, 0) is 0 Å². The maximum absolute atomic E-state index is 13.9. The minimum Gasteiger partial charge on any atom is -0.369 e. The summed E-state index contributed by atoms with van der Waals surface area (Å²) in [6.07, 6.45) is 1.77. The molecule has 1 aromatic heterocycles. The SMILES string of the molecule is NC(=O)c1cnn2c1NCCC2c1c(F)cccc1F. The number of nitrogens with zero attached hydrogens (tertiary/aromatic N) is 2. The number of carbonyl (C=O) groups excluding carboxylic acids is 1. The van der Waals surface area contributed by atoms with Gasteiger partial charge in [-0.25, -0.2) is 13.5 Å².